The van der Waals surface area contributed by atoms with E-state index in [1.54, 1.807) is 0 Å². The smallest absolute Gasteiger partial charge is 0.00385 e. The summed E-state index contributed by atoms with van der Waals surface area (Å²) in [6, 6.07) is 0.745. The molecule has 0 amide bonds. The largest absolute Gasteiger partial charge is 0.303 e. The standard InChI is InChI=1S/C16H32N2.C6H14/c1-4-15-5-9-17(13-15)10-6-16-7-11-18(12-8-16)14(2)3;1-4-5-6(2)3/h14-16H,4-13H2,1-3H3;6H,4-5H2,1-3H3. The minimum absolute atomic E-state index is 0.745. The highest BCUT2D eigenvalue weighted by Crippen LogP contribution is 2.24. The molecule has 0 spiro atoms. The fourth-order valence-corrected chi connectivity index (χ4v) is 4.15. The number of likely N-dealkylation sites (tertiary alicyclic amines) is 2. The average Bonchev–Trinajstić information content (AvgIpc) is 3.02. The summed E-state index contributed by atoms with van der Waals surface area (Å²) < 4.78 is 0. The van der Waals surface area contributed by atoms with E-state index in [0.29, 0.717) is 0 Å². The highest BCUT2D eigenvalue weighted by molar-refractivity contribution is 4.78. The molecule has 0 bridgehead atoms. The molecule has 1 unspecified atom stereocenters. The van der Waals surface area contributed by atoms with Gasteiger partial charge in [-0.1, -0.05) is 47.0 Å². The van der Waals surface area contributed by atoms with E-state index >= 15 is 0 Å². The van der Waals surface area contributed by atoms with Crippen LogP contribution in [0.15, 0.2) is 0 Å². The van der Waals surface area contributed by atoms with Gasteiger partial charge in [0.05, 0.1) is 0 Å². The molecule has 0 aliphatic carbocycles. The minimum atomic E-state index is 0.745. The fraction of sp³-hybridized carbons (Fsp3) is 1.00. The van der Waals surface area contributed by atoms with Gasteiger partial charge in [-0.3, -0.25) is 0 Å². The van der Waals surface area contributed by atoms with E-state index in [1.807, 2.05) is 0 Å². The van der Waals surface area contributed by atoms with Crippen LogP contribution in [0.4, 0.5) is 0 Å². The summed E-state index contributed by atoms with van der Waals surface area (Å²) in [6.45, 7) is 20.5. The molecule has 0 aromatic carbocycles. The van der Waals surface area contributed by atoms with Crippen molar-refractivity contribution in [3.63, 3.8) is 0 Å². The van der Waals surface area contributed by atoms with Gasteiger partial charge in [-0.2, -0.15) is 0 Å². The maximum Gasteiger partial charge on any atom is 0.00385 e. The molecule has 1 atom stereocenters. The van der Waals surface area contributed by atoms with Crippen molar-refractivity contribution in [2.45, 2.75) is 92.5 Å². The first-order valence-corrected chi connectivity index (χ1v) is 10.9. The highest BCUT2D eigenvalue weighted by Gasteiger charge is 2.24. The molecule has 2 saturated heterocycles. The Labute approximate surface area is 153 Å². The molecule has 144 valence electrons. The van der Waals surface area contributed by atoms with Gasteiger partial charge in [-0.15, -0.1) is 0 Å². The monoisotopic (exact) mass is 338 g/mol. The number of piperidine rings is 1. The van der Waals surface area contributed by atoms with Crippen LogP contribution >= 0.6 is 0 Å². The van der Waals surface area contributed by atoms with Crippen molar-refractivity contribution >= 4 is 0 Å². The van der Waals surface area contributed by atoms with E-state index in [-0.39, 0.29) is 0 Å². The van der Waals surface area contributed by atoms with Crippen LogP contribution in [0.3, 0.4) is 0 Å². The lowest BCUT2D eigenvalue weighted by Gasteiger charge is -2.35. The van der Waals surface area contributed by atoms with Crippen LogP contribution < -0.4 is 0 Å². The van der Waals surface area contributed by atoms with Gasteiger partial charge in [0.2, 0.25) is 0 Å². The van der Waals surface area contributed by atoms with E-state index in [9.17, 15) is 0 Å². The van der Waals surface area contributed by atoms with Gasteiger partial charge in [-0.05, 0) is 83.5 Å². The highest BCUT2D eigenvalue weighted by atomic mass is 15.2. The molecule has 2 heteroatoms. The van der Waals surface area contributed by atoms with Crippen molar-refractivity contribution in [2.24, 2.45) is 17.8 Å². The fourth-order valence-electron chi connectivity index (χ4n) is 4.15. The second-order valence-corrected chi connectivity index (χ2v) is 8.91. The molecule has 2 rings (SSSR count). The number of hydrogen-bond donors (Lipinski definition) is 0. The van der Waals surface area contributed by atoms with Gasteiger partial charge in [0.25, 0.3) is 0 Å². The second-order valence-electron chi connectivity index (χ2n) is 8.91. The molecule has 2 nitrogen and oxygen atoms in total. The van der Waals surface area contributed by atoms with Gasteiger partial charge < -0.3 is 9.80 Å². The van der Waals surface area contributed by atoms with Crippen molar-refractivity contribution in [1.82, 2.24) is 9.80 Å². The SMILES string of the molecule is CCC1CCN(CCC2CCN(C(C)C)CC2)C1.CCCC(C)C. The number of hydrogen-bond acceptors (Lipinski definition) is 2. The van der Waals surface area contributed by atoms with E-state index in [2.05, 4.69) is 51.3 Å². The zero-order chi connectivity index (χ0) is 17.9. The summed E-state index contributed by atoms with van der Waals surface area (Å²) >= 11 is 0. The van der Waals surface area contributed by atoms with E-state index in [1.165, 1.54) is 77.7 Å². The molecular formula is C22H46N2. The van der Waals surface area contributed by atoms with Crippen molar-refractivity contribution in [3.8, 4) is 0 Å². The molecule has 0 N–H and O–H groups in total. The summed E-state index contributed by atoms with van der Waals surface area (Å²) in [4.78, 5) is 5.35. The average molecular weight is 339 g/mol. The second kappa shape index (κ2) is 12.3. The molecule has 0 saturated carbocycles. The topological polar surface area (TPSA) is 6.48 Å². The summed E-state index contributed by atoms with van der Waals surface area (Å²) in [7, 11) is 0. The van der Waals surface area contributed by atoms with Gasteiger partial charge in [0.15, 0.2) is 0 Å². The Balaban J connectivity index is 0.000000413. The normalized spacial score (nSPS) is 23.8. The Morgan fingerprint density at radius 2 is 1.50 bits per heavy atom. The Kier molecular flexibility index (Phi) is 11.3. The molecule has 0 aromatic rings. The Hall–Kier alpha value is -0.0800. The molecule has 0 aromatic heterocycles. The van der Waals surface area contributed by atoms with Gasteiger partial charge in [-0.25, -0.2) is 0 Å². The van der Waals surface area contributed by atoms with Gasteiger partial charge in [0, 0.05) is 12.6 Å². The summed E-state index contributed by atoms with van der Waals surface area (Å²) in [6.07, 6.45) is 9.85. The third-order valence-electron chi connectivity index (χ3n) is 6.05. The summed E-state index contributed by atoms with van der Waals surface area (Å²) in [5.41, 5.74) is 0. The van der Waals surface area contributed by atoms with Crippen molar-refractivity contribution in [1.29, 1.82) is 0 Å². The molecule has 2 aliphatic heterocycles. The maximum absolute atomic E-state index is 2.71. The third-order valence-corrected chi connectivity index (χ3v) is 6.05. The van der Waals surface area contributed by atoms with Crippen LogP contribution in [-0.2, 0) is 0 Å². The van der Waals surface area contributed by atoms with Crippen LogP contribution in [-0.4, -0.2) is 48.6 Å². The van der Waals surface area contributed by atoms with Crippen LogP contribution in [0.5, 0.6) is 0 Å². The number of nitrogens with zero attached hydrogens (tertiary/aromatic N) is 2. The first-order valence-electron chi connectivity index (χ1n) is 10.9. The molecule has 2 fully saturated rings. The molecule has 2 heterocycles. The predicted octanol–water partition coefficient (Wildman–Crippen LogP) is 5.67. The zero-order valence-electron chi connectivity index (χ0n) is 17.7. The van der Waals surface area contributed by atoms with Crippen LogP contribution in [0.1, 0.15) is 86.5 Å². The predicted molar refractivity (Wildman–Crippen MR) is 109 cm³/mol. The van der Waals surface area contributed by atoms with Crippen molar-refractivity contribution in [2.75, 3.05) is 32.7 Å². The molecular weight excluding hydrogens is 292 g/mol. The zero-order valence-corrected chi connectivity index (χ0v) is 17.7. The Morgan fingerprint density at radius 1 is 0.875 bits per heavy atom. The molecule has 24 heavy (non-hydrogen) atoms. The first kappa shape index (κ1) is 22.0. The minimum Gasteiger partial charge on any atom is -0.303 e. The van der Waals surface area contributed by atoms with Crippen LogP contribution in [0.25, 0.3) is 0 Å². The van der Waals surface area contributed by atoms with Gasteiger partial charge >= 0.3 is 0 Å². The van der Waals surface area contributed by atoms with Crippen molar-refractivity contribution in [3.05, 3.63) is 0 Å². The van der Waals surface area contributed by atoms with Crippen molar-refractivity contribution < 1.29 is 0 Å². The Morgan fingerprint density at radius 3 is 1.92 bits per heavy atom. The lowest BCUT2D eigenvalue weighted by molar-refractivity contribution is 0.138. The molecule has 2 aliphatic rings. The summed E-state index contributed by atoms with van der Waals surface area (Å²) in [5.74, 6) is 2.89. The molecule has 0 radical (unpaired) electrons. The van der Waals surface area contributed by atoms with Gasteiger partial charge in [0.1, 0.15) is 0 Å². The lowest BCUT2D eigenvalue weighted by atomic mass is 9.93. The lowest BCUT2D eigenvalue weighted by Crippen LogP contribution is -2.39. The number of rotatable bonds is 7. The maximum atomic E-state index is 2.71. The Bertz CT molecular complexity index is 292. The van der Waals surface area contributed by atoms with Crippen LogP contribution in [0.2, 0.25) is 0 Å². The third kappa shape index (κ3) is 8.85. The van der Waals surface area contributed by atoms with E-state index < -0.39 is 0 Å². The van der Waals surface area contributed by atoms with E-state index in [0.717, 1.165) is 23.8 Å². The first-order chi connectivity index (χ1) is 11.5. The van der Waals surface area contributed by atoms with Crippen LogP contribution in [0, 0.1) is 17.8 Å². The quantitative estimate of drug-likeness (QED) is 0.590. The van der Waals surface area contributed by atoms with E-state index in [4.69, 9.17) is 0 Å². The summed E-state index contributed by atoms with van der Waals surface area (Å²) in [5, 5.41) is 0.